The Balaban J connectivity index is 1.71. The van der Waals surface area contributed by atoms with E-state index < -0.39 is 5.56 Å². The van der Waals surface area contributed by atoms with E-state index in [1.807, 2.05) is 30.3 Å². The van der Waals surface area contributed by atoms with Gasteiger partial charge in [-0.3, -0.25) is 14.4 Å². The molecule has 1 fully saturated rings. The zero-order valence-corrected chi connectivity index (χ0v) is 16.5. The van der Waals surface area contributed by atoms with Gasteiger partial charge >= 0.3 is 0 Å². The number of carbonyl (C=O) groups excluding carboxylic acids is 2. The number of pyridine rings is 1. The van der Waals surface area contributed by atoms with Crippen molar-refractivity contribution in [2.45, 2.75) is 32.2 Å². The number of carbonyl (C=O) groups is 2. The summed E-state index contributed by atoms with van der Waals surface area (Å²) in [5, 5.41) is 0. The van der Waals surface area contributed by atoms with Crippen molar-refractivity contribution in [1.29, 1.82) is 0 Å². The van der Waals surface area contributed by atoms with Crippen molar-refractivity contribution >= 4 is 11.8 Å². The van der Waals surface area contributed by atoms with Crippen molar-refractivity contribution in [3.05, 3.63) is 70.1 Å². The maximum atomic E-state index is 12.8. The molecule has 1 aromatic carbocycles. The molecular weight excluding hydrogens is 354 g/mol. The van der Waals surface area contributed by atoms with Gasteiger partial charge in [0.05, 0.1) is 0 Å². The molecule has 0 radical (unpaired) electrons. The molecule has 148 valence electrons. The normalized spacial score (nSPS) is 14.7. The Morgan fingerprint density at radius 3 is 2.43 bits per heavy atom. The van der Waals surface area contributed by atoms with E-state index in [1.165, 1.54) is 10.6 Å². The van der Waals surface area contributed by atoms with Crippen LogP contribution in [0.5, 0.6) is 0 Å². The van der Waals surface area contributed by atoms with Gasteiger partial charge in [0.2, 0.25) is 5.91 Å². The minimum Gasteiger partial charge on any atom is -0.341 e. The Hall–Kier alpha value is -2.89. The molecule has 28 heavy (non-hydrogen) atoms. The van der Waals surface area contributed by atoms with Crippen LogP contribution in [0.1, 0.15) is 41.6 Å². The summed E-state index contributed by atoms with van der Waals surface area (Å²) >= 11 is 0. The van der Waals surface area contributed by atoms with Gasteiger partial charge < -0.3 is 14.4 Å². The van der Waals surface area contributed by atoms with Gasteiger partial charge in [-0.1, -0.05) is 37.3 Å². The topological polar surface area (TPSA) is 62.6 Å². The zero-order valence-electron chi connectivity index (χ0n) is 16.5. The van der Waals surface area contributed by atoms with Crippen LogP contribution in [0.15, 0.2) is 53.5 Å². The average molecular weight is 381 g/mol. The lowest BCUT2D eigenvalue weighted by atomic mass is 10.0. The van der Waals surface area contributed by atoms with Crippen LogP contribution >= 0.6 is 0 Å². The Morgan fingerprint density at radius 2 is 1.75 bits per heavy atom. The summed E-state index contributed by atoms with van der Waals surface area (Å²) in [6.07, 6.45) is 3.58. The second kappa shape index (κ2) is 8.87. The fraction of sp³-hybridized carbons (Fsp3) is 0.409. The molecule has 3 rings (SSSR count). The van der Waals surface area contributed by atoms with E-state index in [0.717, 1.165) is 31.5 Å². The van der Waals surface area contributed by atoms with Crippen molar-refractivity contribution in [3.63, 3.8) is 0 Å². The number of rotatable bonds is 6. The smallest absolute Gasteiger partial charge is 0.263 e. The summed E-state index contributed by atoms with van der Waals surface area (Å²) in [5.74, 6) is -0.246. The van der Waals surface area contributed by atoms with Gasteiger partial charge in [0.25, 0.3) is 11.5 Å². The first-order valence-corrected chi connectivity index (χ1v) is 9.75. The number of aromatic nitrogens is 1. The summed E-state index contributed by atoms with van der Waals surface area (Å²) in [4.78, 5) is 41.3. The summed E-state index contributed by atoms with van der Waals surface area (Å²) in [6, 6.07) is 13.2. The number of nitrogens with zero attached hydrogens (tertiary/aromatic N) is 3. The molecule has 2 amide bonds. The van der Waals surface area contributed by atoms with Gasteiger partial charge in [-0.25, -0.2) is 0 Å². The average Bonchev–Trinajstić information content (AvgIpc) is 3.24. The maximum Gasteiger partial charge on any atom is 0.263 e. The van der Waals surface area contributed by atoms with Crippen LogP contribution in [0.25, 0.3) is 0 Å². The molecule has 1 aliphatic heterocycles. The highest BCUT2D eigenvalue weighted by atomic mass is 16.2. The van der Waals surface area contributed by atoms with E-state index in [-0.39, 0.29) is 29.8 Å². The molecule has 6 nitrogen and oxygen atoms in total. The standard InChI is InChI=1S/C22H27N3O3/c1-17(18-9-4-3-5-10-18)15-23(2)21(27)19-11-8-14-25(22(19)28)16-20(26)24-12-6-7-13-24/h3-5,8-11,14,17H,6-7,12-13,15-16H2,1-2H3/t17-/m0/s1. The monoisotopic (exact) mass is 381 g/mol. The highest BCUT2D eigenvalue weighted by molar-refractivity contribution is 5.93. The minimum absolute atomic E-state index is 0.0237. The van der Waals surface area contributed by atoms with E-state index in [9.17, 15) is 14.4 Å². The van der Waals surface area contributed by atoms with Crippen molar-refractivity contribution < 1.29 is 9.59 Å². The van der Waals surface area contributed by atoms with E-state index >= 15 is 0 Å². The van der Waals surface area contributed by atoms with Gasteiger partial charge in [0.15, 0.2) is 0 Å². The molecular formula is C22H27N3O3. The number of benzene rings is 1. The van der Waals surface area contributed by atoms with Crippen molar-refractivity contribution in [1.82, 2.24) is 14.4 Å². The molecule has 6 heteroatoms. The third-order valence-corrected chi connectivity index (χ3v) is 5.28. The summed E-state index contributed by atoms with van der Waals surface area (Å²) in [5.41, 5.74) is 0.822. The first-order chi connectivity index (χ1) is 13.5. The van der Waals surface area contributed by atoms with Crippen LogP contribution in [0.3, 0.4) is 0 Å². The first kappa shape index (κ1) is 19.9. The molecule has 1 aliphatic rings. The van der Waals surface area contributed by atoms with Crippen LogP contribution in [0.4, 0.5) is 0 Å². The second-order valence-electron chi connectivity index (χ2n) is 7.44. The van der Waals surface area contributed by atoms with Crippen LogP contribution in [0.2, 0.25) is 0 Å². The lowest BCUT2D eigenvalue weighted by molar-refractivity contribution is -0.130. The fourth-order valence-corrected chi connectivity index (χ4v) is 3.62. The molecule has 1 saturated heterocycles. The maximum absolute atomic E-state index is 12.8. The zero-order chi connectivity index (χ0) is 20.1. The number of hydrogen-bond donors (Lipinski definition) is 0. The number of amides is 2. The summed E-state index contributed by atoms with van der Waals surface area (Å²) in [6.45, 7) is 4.02. The lowest BCUT2D eigenvalue weighted by Crippen LogP contribution is -2.38. The van der Waals surface area contributed by atoms with E-state index in [4.69, 9.17) is 0 Å². The van der Waals surface area contributed by atoms with Crippen molar-refractivity contribution in [2.24, 2.45) is 0 Å². The SMILES string of the molecule is C[C@@H](CN(C)C(=O)c1cccn(CC(=O)N2CCCC2)c1=O)c1ccccc1. The third kappa shape index (κ3) is 4.50. The number of hydrogen-bond acceptors (Lipinski definition) is 3. The molecule has 0 saturated carbocycles. The largest absolute Gasteiger partial charge is 0.341 e. The Labute approximate surface area is 165 Å². The minimum atomic E-state index is -0.417. The highest BCUT2D eigenvalue weighted by Gasteiger charge is 2.22. The van der Waals surface area contributed by atoms with Crippen molar-refractivity contribution in [2.75, 3.05) is 26.7 Å². The Bertz CT molecular complexity index is 885. The molecule has 2 aromatic rings. The lowest BCUT2D eigenvalue weighted by Gasteiger charge is -2.22. The summed E-state index contributed by atoms with van der Waals surface area (Å²) < 4.78 is 1.34. The fourth-order valence-electron chi connectivity index (χ4n) is 3.62. The molecule has 0 bridgehead atoms. The molecule has 0 aliphatic carbocycles. The van der Waals surface area contributed by atoms with E-state index in [0.29, 0.717) is 6.54 Å². The molecule has 0 N–H and O–H groups in total. The quantitative estimate of drug-likeness (QED) is 0.772. The van der Waals surface area contributed by atoms with Gasteiger partial charge in [-0.05, 0) is 36.5 Å². The van der Waals surface area contributed by atoms with Crippen LogP contribution in [0, 0.1) is 0 Å². The number of likely N-dealkylation sites (tertiary alicyclic amines) is 1. The molecule has 0 spiro atoms. The van der Waals surface area contributed by atoms with Gasteiger partial charge in [0, 0.05) is 32.9 Å². The molecule has 2 heterocycles. The van der Waals surface area contributed by atoms with Gasteiger partial charge in [-0.2, -0.15) is 0 Å². The number of likely N-dealkylation sites (N-methyl/N-ethyl adjacent to an activating group) is 1. The van der Waals surface area contributed by atoms with Crippen LogP contribution in [-0.4, -0.2) is 52.9 Å². The predicted octanol–water partition coefficient (Wildman–Crippen LogP) is 2.35. The van der Waals surface area contributed by atoms with E-state index in [1.54, 1.807) is 29.1 Å². The Kier molecular flexibility index (Phi) is 6.29. The molecule has 1 atom stereocenters. The van der Waals surface area contributed by atoms with Crippen molar-refractivity contribution in [3.8, 4) is 0 Å². The van der Waals surface area contributed by atoms with Gasteiger partial charge in [0.1, 0.15) is 12.1 Å². The van der Waals surface area contributed by atoms with Gasteiger partial charge in [-0.15, -0.1) is 0 Å². The second-order valence-corrected chi connectivity index (χ2v) is 7.44. The first-order valence-electron chi connectivity index (χ1n) is 9.75. The predicted molar refractivity (Wildman–Crippen MR) is 108 cm³/mol. The summed E-state index contributed by atoms with van der Waals surface area (Å²) in [7, 11) is 1.70. The van der Waals surface area contributed by atoms with Crippen LogP contribution < -0.4 is 5.56 Å². The third-order valence-electron chi connectivity index (χ3n) is 5.28. The van der Waals surface area contributed by atoms with Crippen LogP contribution in [-0.2, 0) is 11.3 Å². The Morgan fingerprint density at radius 1 is 1.07 bits per heavy atom. The molecule has 0 unspecified atom stereocenters. The van der Waals surface area contributed by atoms with E-state index in [2.05, 4.69) is 6.92 Å². The molecule has 1 aromatic heterocycles. The highest BCUT2D eigenvalue weighted by Crippen LogP contribution is 2.16.